The maximum atomic E-state index is 12.7. The topological polar surface area (TPSA) is 123 Å². The molecule has 0 saturated carbocycles. The van der Waals surface area contributed by atoms with E-state index >= 15 is 0 Å². The van der Waals surface area contributed by atoms with E-state index in [2.05, 4.69) is 10.6 Å². The number of hydrogen-bond acceptors (Lipinski definition) is 7. The van der Waals surface area contributed by atoms with Crippen molar-refractivity contribution in [2.45, 2.75) is 11.8 Å². The first-order chi connectivity index (χ1) is 14.6. The molecule has 0 bridgehead atoms. The Morgan fingerprint density at radius 3 is 1.90 bits per heavy atom. The van der Waals surface area contributed by atoms with Crippen LogP contribution in [0.5, 0.6) is 17.2 Å². The van der Waals surface area contributed by atoms with E-state index in [9.17, 15) is 18.0 Å². The van der Waals surface area contributed by atoms with Gasteiger partial charge in [-0.1, -0.05) is 0 Å². The molecule has 11 heteroatoms. The monoisotopic (exact) mass is 451 g/mol. The highest BCUT2D eigenvalue weighted by Gasteiger charge is 2.23. The minimum Gasteiger partial charge on any atom is -0.493 e. The van der Waals surface area contributed by atoms with Crippen molar-refractivity contribution < 1.29 is 32.2 Å². The second-order valence-electron chi connectivity index (χ2n) is 6.43. The Bertz CT molecular complexity index is 1030. The Kier molecular flexibility index (Phi) is 7.83. The molecule has 2 amide bonds. The summed E-state index contributed by atoms with van der Waals surface area (Å²) in [6.07, 6.45) is 0. The molecular weight excluding hydrogens is 426 g/mol. The average molecular weight is 452 g/mol. The molecule has 0 spiro atoms. The summed E-state index contributed by atoms with van der Waals surface area (Å²) in [6, 6.07) is 8.72. The predicted octanol–water partition coefficient (Wildman–Crippen LogP) is 1.93. The highest BCUT2D eigenvalue weighted by atomic mass is 32.2. The maximum absolute atomic E-state index is 12.7. The molecule has 0 heterocycles. The molecule has 0 radical (unpaired) electrons. The first-order valence-corrected chi connectivity index (χ1v) is 10.5. The number of amides is 2. The van der Waals surface area contributed by atoms with Crippen LogP contribution in [-0.4, -0.2) is 59.5 Å². The summed E-state index contributed by atoms with van der Waals surface area (Å²) < 4.78 is 42.1. The zero-order valence-electron chi connectivity index (χ0n) is 17.9. The van der Waals surface area contributed by atoms with Crippen molar-refractivity contribution in [3.63, 3.8) is 0 Å². The van der Waals surface area contributed by atoms with Crippen molar-refractivity contribution in [3.05, 3.63) is 36.4 Å². The summed E-state index contributed by atoms with van der Waals surface area (Å²) in [6.45, 7) is 0.928. The minimum absolute atomic E-state index is 0.00955. The zero-order chi connectivity index (χ0) is 23.2. The lowest BCUT2D eigenvalue weighted by atomic mass is 10.2. The number of nitrogens with one attached hydrogen (secondary N) is 2. The molecule has 0 unspecified atom stereocenters. The highest BCUT2D eigenvalue weighted by Crippen LogP contribution is 2.39. The summed E-state index contributed by atoms with van der Waals surface area (Å²) in [5, 5.41) is 5.18. The van der Waals surface area contributed by atoms with Crippen LogP contribution >= 0.6 is 0 Å². The number of ether oxygens (including phenoxy) is 3. The van der Waals surface area contributed by atoms with E-state index in [1.165, 1.54) is 71.7 Å². The molecule has 168 valence electrons. The predicted molar refractivity (Wildman–Crippen MR) is 115 cm³/mol. The van der Waals surface area contributed by atoms with Crippen LogP contribution in [0, 0.1) is 0 Å². The third-order valence-corrected chi connectivity index (χ3v) is 6.02. The third-order valence-electron chi connectivity index (χ3n) is 4.20. The molecule has 0 aliphatic heterocycles. The first kappa shape index (κ1) is 24.0. The standard InChI is InChI=1S/C20H25N3O7S/c1-13(24)21-14-6-8-16(9-7-14)31(26,27)23(2)12-19(25)22-15-10-17(28-3)20(30-5)18(11-15)29-4/h6-11H,12H2,1-5H3,(H,21,24)(H,22,25). The Hall–Kier alpha value is -3.31. The van der Waals surface area contributed by atoms with E-state index in [0.29, 0.717) is 28.6 Å². The lowest BCUT2D eigenvalue weighted by Crippen LogP contribution is -2.35. The lowest BCUT2D eigenvalue weighted by molar-refractivity contribution is -0.116. The van der Waals surface area contributed by atoms with E-state index in [1.807, 2.05) is 0 Å². The largest absolute Gasteiger partial charge is 0.493 e. The lowest BCUT2D eigenvalue weighted by Gasteiger charge is -2.18. The van der Waals surface area contributed by atoms with Gasteiger partial charge in [-0.3, -0.25) is 9.59 Å². The van der Waals surface area contributed by atoms with Gasteiger partial charge in [-0.15, -0.1) is 0 Å². The fraction of sp³-hybridized carbons (Fsp3) is 0.300. The Balaban J connectivity index is 2.13. The van der Waals surface area contributed by atoms with E-state index in [0.717, 1.165) is 4.31 Å². The molecule has 31 heavy (non-hydrogen) atoms. The molecule has 2 rings (SSSR count). The molecular formula is C20H25N3O7S. The normalized spacial score (nSPS) is 11.0. The van der Waals surface area contributed by atoms with E-state index < -0.39 is 22.5 Å². The number of carbonyl (C=O) groups excluding carboxylic acids is 2. The summed E-state index contributed by atoms with van der Waals surface area (Å²) >= 11 is 0. The van der Waals surface area contributed by atoms with Crippen LogP contribution < -0.4 is 24.8 Å². The second kappa shape index (κ2) is 10.1. The molecule has 0 saturated heterocycles. The average Bonchev–Trinajstić information content (AvgIpc) is 2.72. The maximum Gasteiger partial charge on any atom is 0.243 e. The Labute approximate surface area is 181 Å². The molecule has 0 fully saturated rings. The van der Waals surface area contributed by atoms with Gasteiger partial charge in [-0.2, -0.15) is 4.31 Å². The van der Waals surface area contributed by atoms with Crippen molar-refractivity contribution in [2.75, 3.05) is 45.6 Å². The minimum atomic E-state index is -3.92. The summed E-state index contributed by atoms with van der Waals surface area (Å²) in [4.78, 5) is 23.5. The van der Waals surface area contributed by atoms with Gasteiger partial charge in [-0.05, 0) is 24.3 Å². The zero-order valence-corrected chi connectivity index (χ0v) is 18.7. The van der Waals surface area contributed by atoms with Crippen LogP contribution in [0.1, 0.15) is 6.92 Å². The van der Waals surface area contributed by atoms with Crippen molar-refractivity contribution in [1.82, 2.24) is 4.31 Å². The van der Waals surface area contributed by atoms with Crippen molar-refractivity contribution in [2.24, 2.45) is 0 Å². The van der Waals surface area contributed by atoms with Gasteiger partial charge in [0.25, 0.3) is 0 Å². The number of nitrogens with zero attached hydrogens (tertiary/aromatic N) is 1. The van der Waals surface area contributed by atoms with Gasteiger partial charge >= 0.3 is 0 Å². The number of methoxy groups -OCH3 is 3. The van der Waals surface area contributed by atoms with E-state index in [1.54, 1.807) is 0 Å². The van der Waals surface area contributed by atoms with Gasteiger partial charge in [0.15, 0.2) is 11.5 Å². The number of likely N-dealkylation sites (N-methyl/N-ethyl adjacent to an activating group) is 1. The van der Waals surface area contributed by atoms with Gasteiger partial charge in [0.05, 0.1) is 32.8 Å². The molecule has 2 aromatic carbocycles. The van der Waals surface area contributed by atoms with Gasteiger partial charge in [0.1, 0.15) is 0 Å². The molecule has 0 atom stereocenters. The molecule has 2 aromatic rings. The number of benzene rings is 2. The second-order valence-corrected chi connectivity index (χ2v) is 8.47. The molecule has 0 aromatic heterocycles. The van der Waals surface area contributed by atoms with Crippen LogP contribution in [0.25, 0.3) is 0 Å². The van der Waals surface area contributed by atoms with Crippen LogP contribution in [0.2, 0.25) is 0 Å². The number of rotatable bonds is 9. The quantitative estimate of drug-likeness (QED) is 0.597. The van der Waals surface area contributed by atoms with Crippen molar-refractivity contribution >= 4 is 33.2 Å². The van der Waals surface area contributed by atoms with Crippen LogP contribution in [0.4, 0.5) is 11.4 Å². The van der Waals surface area contributed by atoms with E-state index in [-0.39, 0.29) is 10.8 Å². The van der Waals surface area contributed by atoms with Gasteiger partial charge < -0.3 is 24.8 Å². The molecule has 10 nitrogen and oxygen atoms in total. The summed E-state index contributed by atoms with van der Waals surface area (Å²) in [5.74, 6) is 0.228. The molecule has 0 aliphatic rings. The van der Waals surface area contributed by atoms with Crippen LogP contribution in [-0.2, 0) is 19.6 Å². The number of hydrogen-bond donors (Lipinski definition) is 2. The smallest absolute Gasteiger partial charge is 0.243 e. The molecule has 0 aliphatic carbocycles. The van der Waals surface area contributed by atoms with E-state index in [4.69, 9.17) is 14.2 Å². The SMILES string of the molecule is COc1cc(NC(=O)CN(C)S(=O)(=O)c2ccc(NC(C)=O)cc2)cc(OC)c1OC. The van der Waals surface area contributed by atoms with Crippen LogP contribution in [0.3, 0.4) is 0 Å². The van der Waals surface area contributed by atoms with Gasteiger partial charge in [0, 0.05) is 37.5 Å². The van der Waals surface area contributed by atoms with Gasteiger partial charge in [-0.25, -0.2) is 8.42 Å². The highest BCUT2D eigenvalue weighted by molar-refractivity contribution is 7.89. The summed E-state index contributed by atoms with van der Waals surface area (Å²) in [5.41, 5.74) is 0.819. The number of carbonyl (C=O) groups is 2. The molecule has 2 N–H and O–H groups in total. The number of sulfonamides is 1. The Morgan fingerprint density at radius 1 is 0.903 bits per heavy atom. The third kappa shape index (κ3) is 5.86. The van der Waals surface area contributed by atoms with Crippen molar-refractivity contribution in [1.29, 1.82) is 0 Å². The first-order valence-electron chi connectivity index (χ1n) is 9.06. The summed E-state index contributed by atoms with van der Waals surface area (Å²) in [7, 11) is 1.73. The fourth-order valence-electron chi connectivity index (χ4n) is 2.73. The fourth-order valence-corrected chi connectivity index (χ4v) is 3.86. The van der Waals surface area contributed by atoms with Crippen molar-refractivity contribution in [3.8, 4) is 17.2 Å². The number of anilines is 2. The van der Waals surface area contributed by atoms with Crippen LogP contribution in [0.15, 0.2) is 41.3 Å². The van der Waals surface area contributed by atoms with Gasteiger partial charge in [0.2, 0.25) is 27.6 Å². The Morgan fingerprint density at radius 2 is 1.45 bits per heavy atom.